The molecule has 3 aliphatic rings. The van der Waals surface area contributed by atoms with Crippen molar-refractivity contribution in [1.29, 1.82) is 0 Å². The lowest BCUT2D eigenvalue weighted by Gasteiger charge is -2.08. The van der Waals surface area contributed by atoms with Gasteiger partial charge in [0.1, 0.15) is 0 Å². The molecular formula is C5H8N2+. The van der Waals surface area contributed by atoms with Gasteiger partial charge in [-0.2, -0.15) is 0 Å². The lowest BCUT2D eigenvalue weighted by Crippen LogP contribution is -2.35. The molecule has 37 valence electrons. The van der Waals surface area contributed by atoms with Gasteiger partial charge in [0.15, 0.2) is 6.04 Å². The lowest BCUT2D eigenvalue weighted by atomic mass is 10.0. The number of nitrogens with zero attached hydrogens (tertiary/aromatic N) is 2. The molecule has 0 N–H and O–H groups in total. The quantitative estimate of drug-likeness (QED) is 0.301. The van der Waals surface area contributed by atoms with Crippen LogP contribution >= 0.6 is 0 Å². The van der Waals surface area contributed by atoms with Crippen LogP contribution in [0.5, 0.6) is 0 Å². The number of fused-ring (bicyclic) bond motifs is 1. The van der Waals surface area contributed by atoms with Crippen LogP contribution in [-0.2, 0) is 0 Å². The molecule has 1 radical (unpaired) electrons. The Bertz CT molecular complexity index is 110. The smallest absolute Gasteiger partial charge is 0.0477 e. The molecule has 0 aromatic rings. The van der Waals surface area contributed by atoms with E-state index in [2.05, 4.69) is 10.0 Å². The summed E-state index contributed by atoms with van der Waals surface area (Å²) < 4.78 is 0. The zero-order valence-electron chi connectivity index (χ0n) is 4.17. The third-order valence-corrected chi connectivity index (χ3v) is 2.44. The summed E-state index contributed by atoms with van der Waals surface area (Å²) in [6.07, 6.45) is 3.84. The molecule has 0 aliphatic carbocycles. The summed E-state index contributed by atoms with van der Waals surface area (Å²) in [7, 11) is 0. The second-order valence-corrected chi connectivity index (χ2v) is 2.70. The highest BCUT2D eigenvalue weighted by atomic mass is 15.9. The zero-order chi connectivity index (χ0) is 4.43. The van der Waals surface area contributed by atoms with Crippen molar-refractivity contribution in [2.45, 2.75) is 25.0 Å². The van der Waals surface area contributed by atoms with E-state index in [0.717, 1.165) is 12.2 Å². The fraction of sp³-hybridized carbons (Fsp3) is 1.00. The first-order valence-corrected chi connectivity index (χ1v) is 3.02. The minimum atomic E-state index is 0.929. The van der Waals surface area contributed by atoms with Crippen molar-refractivity contribution in [3.8, 4) is 0 Å². The Hall–Kier alpha value is -0.0800. The number of piperidine rings is 1. The predicted octanol–water partition coefficient (Wildman–Crippen LogP) is -0.141. The van der Waals surface area contributed by atoms with E-state index in [1.807, 2.05) is 0 Å². The first kappa shape index (κ1) is 3.05. The maximum Gasteiger partial charge on any atom is 0.262 e. The molecule has 3 saturated heterocycles. The van der Waals surface area contributed by atoms with Gasteiger partial charge in [-0.05, 0) is 10.0 Å². The van der Waals surface area contributed by atoms with Crippen molar-refractivity contribution >= 4 is 0 Å². The average Bonchev–Trinajstić information content (AvgIpc) is 2.02. The Kier molecular flexibility index (Phi) is 0.280. The van der Waals surface area contributed by atoms with Crippen LogP contribution in [0.2, 0.25) is 0 Å². The van der Waals surface area contributed by atoms with Crippen molar-refractivity contribution in [2.75, 3.05) is 6.54 Å². The highest BCUT2D eigenvalue weighted by Crippen LogP contribution is 2.47. The molecule has 0 amide bonds. The summed E-state index contributed by atoms with van der Waals surface area (Å²) in [5.74, 6) is 0. The summed E-state index contributed by atoms with van der Waals surface area (Å²) in [5, 5.41) is 4.98. The minimum Gasteiger partial charge on any atom is -0.0477 e. The van der Waals surface area contributed by atoms with E-state index < -0.39 is 0 Å². The molecule has 0 spiro atoms. The number of hydrogen-bond acceptors (Lipinski definition) is 2. The molecular weight excluding hydrogens is 88.1 g/mol. The van der Waals surface area contributed by atoms with E-state index >= 15 is 0 Å². The zero-order valence-corrected chi connectivity index (χ0v) is 4.17. The summed E-state index contributed by atoms with van der Waals surface area (Å²) in [6.45, 7) is 1.36. The van der Waals surface area contributed by atoms with E-state index in [9.17, 15) is 0 Å². The molecule has 0 saturated carbocycles. The van der Waals surface area contributed by atoms with Crippen molar-refractivity contribution in [3.63, 3.8) is 0 Å². The Balaban J connectivity index is 2.07. The first-order chi connectivity index (χ1) is 3.47. The monoisotopic (exact) mass is 96.1 g/mol. The molecule has 4 atom stereocenters. The van der Waals surface area contributed by atoms with Crippen molar-refractivity contribution in [2.24, 2.45) is 0 Å². The Morgan fingerprint density at radius 2 is 2.57 bits per heavy atom. The molecule has 0 aromatic carbocycles. The van der Waals surface area contributed by atoms with E-state index in [4.69, 9.17) is 0 Å². The number of rotatable bonds is 0. The third-order valence-electron chi connectivity index (χ3n) is 2.44. The summed E-state index contributed by atoms with van der Waals surface area (Å²) >= 11 is 0. The van der Waals surface area contributed by atoms with Gasteiger partial charge in [-0.3, -0.25) is 0 Å². The second kappa shape index (κ2) is 0.644. The molecule has 3 fully saturated rings. The summed E-state index contributed by atoms with van der Waals surface area (Å²) in [6, 6.07) is 0.991. The molecule has 2 nitrogen and oxygen atoms in total. The second-order valence-electron chi connectivity index (χ2n) is 2.70. The van der Waals surface area contributed by atoms with Gasteiger partial charge in [0.2, 0.25) is 0 Å². The number of hydrogen-bond donors (Lipinski definition) is 0. The van der Waals surface area contributed by atoms with Crippen LogP contribution in [0.4, 0.5) is 0 Å². The van der Waals surface area contributed by atoms with Crippen molar-refractivity contribution < 1.29 is 0 Å². The van der Waals surface area contributed by atoms with Gasteiger partial charge in [0, 0.05) is 6.42 Å². The number of hydrazine groups is 1. The molecule has 7 heavy (non-hydrogen) atoms. The molecule has 3 heterocycles. The molecule has 3 rings (SSSR count). The average molecular weight is 96.1 g/mol. The van der Waals surface area contributed by atoms with Crippen LogP contribution in [0.1, 0.15) is 12.8 Å². The van der Waals surface area contributed by atoms with Crippen LogP contribution in [0.15, 0.2) is 0 Å². The molecule has 2 heteroatoms. The van der Waals surface area contributed by atoms with Gasteiger partial charge in [0.25, 0.3) is 6.17 Å². The predicted molar refractivity (Wildman–Crippen MR) is 25.6 cm³/mol. The fourth-order valence-electron chi connectivity index (χ4n) is 1.96. The SMILES string of the molecule is C1CN2C3CC1[N+]32. The summed E-state index contributed by atoms with van der Waals surface area (Å²) in [4.78, 5) is 0. The standard InChI is InChI=1S/C5H8N2/c1-2-6-5-3-4(1)7(5)6/h4-5H,1-3H2/q+1. The van der Waals surface area contributed by atoms with E-state index in [1.165, 1.54) is 19.4 Å². The first-order valence-electron chi connectivity index (χ1n) is 3.02. The highest BCUT2D eigenvalue weighted by molar-refractivity contribution is 5.12. The highest BCUT2D eigenvalue weighted by Gasteiger charge is 2.77. The maximum absolute atomic E-state index is 2.50. The summed E-state index contributed by atoms with van der Waals surface area (Å²) in [5.41, 5.74) is 0. The van der Waals surface area contributed by atoms with E-state index in [0.29, 0.717) is 0 Å². The van der Waals surface area contributed by atoms with E-state index in [-0.39, 0.29) is 0 Å². The van der Waals surface area contributed by atoms with Crippen LogP contribution in [0.3, 0.4) is 0 Å². The largest absolute Gasteiger partial charge is 0.262 e. The van der Waals surface area contributed by atoms with Crippen molar-refractivity contribution in [1.82, 2.24) is 10.0 Å². The lowest BCUT2D eigenvalue weighted by molar-refractivity contribution is 0.353. The molecule has 3 aliphatic heterocycles. The van der Waals surface area contributed by atoms with Gasteiger partial charge < -0.3 is 0 Å². The molecule has 0 aromatic heterocycles. The van der Waals surface area contributed by atoms with Crippen molar-refractivity contribution in [3.05, 3.63) is 0 Å². The van der Waals surface area contributed by atoms with Crippen LogP contribution in [0, 0.1) is 0 Å². The third kappa shape index (κ3) is 0.173. The van der Waals surface area contributed by atoms with Gasteiger partial charge in [0.05, 0.1) is 13.0 Å². The Labute approximate surface area is 42.7 Å². The Morgan fingerprint density at radius 1 is 1.57 bits per heavy atom. The minimum absolute atomic E-state index is 0.929. The maximum atomic E-state index is 2.50. The molecule has 0 bridgehead atoms. The van der Waals surface area contributed by atoms with Crippen LogP contribution in [-0.4, -0.2) is 23.8 Å². The fourth-order valence-corrected chi connectivity index (χ4v) is 1.96. The van der Waals surface area contributed by atoms with Gasteiger partial charge in [-0.25, -0.2) is 0 Å². The topological polar surface area (TPSA) is 8.91 Å². The van der Waals surface area contributed by atoms with Crippen LogP contribution in [0.25, 0.3) is 0 Å². The van der Waals surface area contributed by atoms with Gasteiger partial charge in [-0.15, -0.1) is 0 Å². The van der Waals surface area contributed by atoms with Crippen LogP contribution < -0.4 is 5.01 Å². The molecule has 4 unspecified atom stereocenters. The van der Waals surface area contributed by atoms with E-state index in [1.54, 1.807) is 0 Å². The Morgan fingerprint density at radius 3 is 2.71 bits per heavy atom. The van der Waals surface area contributed by atoms with Gasteiger partial charge in [-0.1, -0.05) is 0 Å². The van der Waals surface area contributed by atoms with Gasteiger partial charge >= 0.3 is 0 Å². The normalized spacial score (nSPS) is 72.0.